The van der Waals surface area contributed by atoms with Gasteiger partial charge in [0, 0.05) is 4.57 Å². The molecule has 2 atom stereocenters. The van der Waals surface area contributed by atoms with Crippen LogP contribution in [0.4, 0.5) is 0 Å². The fourth-order valence-electron chi connectivity index (χ4n) is 4.95. The second-order valence-corrected chi connectivity index (χ2v) is 16.0. The molecule has 0 aliphatic heterocycles. The summed E-state index contributed by atoms with van der Waals surface area (Å²) in [6.07, 6.45) is 0.277. The Bertz CT molecular complexity index is 1040. The molecular weight excluding hydrogens is 519 g/mol. The van der Waals surface area contributed by atoms with Crippen LogP contribution in [0.1, 0.15) is 155 Å². The van der Waals surface area contributed by atoms with Crippen molar-refractivity contribution in [3.05, 3.63) is 57.6 Å². The predicted molar refractivity (Wildman–Crippen MR) is 167 cm³/mol. The minimum Gasteiger partial charge on any atom is -0.507 e. The molecular formula is C34H54O5P+. The van der Waals surface area contributed by atoms with Gasteiger partial charge in [0.05, 0.1) is 0 Å². The van der Waals surface area contributed by atoms with E-state index in [9.17, 15) is 14.8 Å². The number of phenolic OH excluding ortho intramolecular Hbond substituents is 2. The third kappa shape index (κ3) is 8.08. The highest BCUT2D eigenvalue weighted by molar-refractivity contribution is 7.33. The summed E-state index contributed by atoms with van der Waals surface area (Å²) in [5.74, 6) is 0.615. The van der Waals surface area contributed by atoms with Crippen LogP contribution in [0, 0.1) is 0 Å². The van der Waals surface area contributed by atoms with Gasteiger partial charge in [0.2, 0.25) is 0 Å². The Morgan fingerprint density at radius 2 is 0.800 bits per heavy atom. The van der Waals surface area contributed by atoms with Gasteiger partial charge in [-0.25, -0.2) is 0 Å². The van der Waals surface area contributed by atoms with Gasteiger partial charge in [-0.05, 0) is 92.1 Å². The number of aromatic hydroxyl groups is 2. The van der Waals surface area contributed by atoms with Crippen molar-refractivity contribution >= 4 is 8.25 Å². The summed E-state index contributed by atoms with van der Waals surface area (Å²) < 4.78 is 25.6. The zero-order valence-electron chi connectivity index (χ0n) is 27.4. The van der Waals surface area contributed by atoms with Crippen LogP contribution in [0.3, 0.4) is 0 Å². The average molecular weight is 574 g/mol. The lowest BCUT2D eigenvalue weighted by atomic mass is 9.78. The van der Waals surface area contributed by atoms with Gasteiger partial charge in [-0.3, -0.25) is 0 Å². The molecule has 2 N–H and O–H groups in total. The molecule has 6 heteroatoms. The fraction of sp³-hybridized carbons (Fsp3) is 0.647. The maximum atomic E-state index is 13.4. The molecule has 0 aliphatic rings. The van der Waals surface area contributed by atoms with E-state index in [1.54, 1.807) is 0 Å². The first kappa shape index (κ1) is 34.3. The second kappa shape index (κ2) is 12.1. The second-order valence-electron chi connectivity index (χ2n) is 15.2. The van der Waals surface area contributed by atoms with Crippen LogP contribution in [-0.2, 0) is 35.3 Å². The Kier molecular flexibility index (Phi) is 10.4. The zero-order valence-corrected chi connectivity index (χ0v) is 28.3. The Labute approximate surface area is 244 Å². The van der Waals surface area contributed by atoms with Crippen LogP contribution >= 0.6 is 8.25 Å². The van der Waals surface area contributed by atoms with E-state index in [1.165, 1.54) is 0 Å². The van der Waals surface area contributed by atoms with Gasteiger partial charge in [0.15, 0.2) is 0 Å². The van der Waals surface area contributed by atoms with E-state index in [0.29, 0.717) is 24.3 Å². The Hall–Kier alpha value is -1.94. The SMILES string of the molecule is CCC(O[P+](=O)OC(CC)c1cc(C(C)(C)C)c(O)c(C(C)(C)C)c1)c1cc(C(C)(C)C)c(O)c(C(C)(C)C)c1. The molecule has 0 saturated carbocycles. The summed E-state index contributed by atoms with van der Waals surface area (Å²) in [4.78, 5) is 0. The molecule has 0 spiro atoms. The van der Waals surface area contributed by atoms with Gasteiger partial charge in [-0.2, -0.15) is 0 Å². The molecule has 40 heavy (non-hydrogen) atoms. The molecule has 0 bridgehead atoms. The van der Waals surface area contributed by atoms with E-state index >= 15 is 0 Å². The number of benzene rings is 2. The van der Waals surface area contributed by atoms with E-state index in [4.69, 9.17) is 9.05 Å². The topological polar surface area (TPSA) is 76.0 Å². The smallest absolute Gasteiger partial charge is 0.507 e. The van der Waals surface area contributed by atoms with Crippen molar-refractivity contribution in [2.75, 3.05) is 0 Å². The van der Waals surface area contributed by atoms with E-state index in [-0.39, 0.29) is 21.7 Å². The Balaban J connectivity index is 2.48. The summed E-state index contributed by atoms with van der Waals surface area (Å²) in [6.45, 7) is 28.9. The quantitative estimate of drug-likeness (QED) is 0.307. The molecule has 0 aromatic heterocycles. The molecule has 2 unspecified atom stereocenters. The number of phenols is 2. The van der Waals surface area contributed by atoms with Crippen LogP contribution in [0.2, 0.25) is 0 Å². The predicted octanol–water partition coefficient (Wildman–Crippen LogP) is 10.6. The number of hydrogen-bond acceptors (Lipinski definition) is 5. The third-order valence-corrected chi connectivity index (χ3v) is 8.26. The van der Waals surface area contributed by atoms with Gasteiger partial charge >= 0.3 is 8.25 Å². The minimum absolute atomic E-state index is 0.279. The van der Waals surface area contributed by atoms with Crippen molar-refractivity contribution in [3.63, 3.8) is 0 Å². The highest BCUT2D eigenvalue weighted by Gasteiger charge is 2.36. The summed E-state index contributed by atoms with van der Waals surface area (Å²) in [6, 6.07) is 7.91. The van der Waals surface area contributed by atoms with Crippen molar-refractivity contribution in [3.8, 4) is 11.5 Å². The average Bonchev–Trinajstić information content (AvgIpc) is 2.78. The van der Waals surface area contributed by atoms with Crippen molar-refractivity contribution in [1.82, 2.24) is 0 Å². The standard InChI is InChI=1S/C34H53O5P/c1-15-27(21-17-23(31(3,4)5)29(35)24(18-21)32(6,7)8)38-40(37)39-28(16-2)22-19-25(33(9,10)11)30(36)26(20-22)34(12,13)14/h17-20,27-28H,15-16H2,1-14H3,(H-,35,36)/p+1. The molecule has 0 amide bonds. The molecule has 0 heterocycles. The summed E-state index contributed by atoms with van der Waals surface area (Å²) in [7, 11) is -2.46. The summed E-state index contributed by atoms with van der Waals surface area (Å²) >= 11 is 0. The first-order valence-electron chi connectivity index (χ1n) is 14.6. The van der Waals surface area contributed by atoms with Crippen LogP contribution < -0.4 is 0 Å². The maximum Gasteiger partial charge on any atom is 0.698 e. The van der Waals surface area contributed by atoms with Crippen LogP contribution in [0.25, 0.3) is 0 Å². The lowest BCUT2D eigenvalue weighted by Crippen LogP contribution is -2.19. The van der Waals surface area contributed by atoms with Gasteiger partial charge < -0.3 is 10.2 Å². The molecule has 0 fully saturated rings. The van der Waals surface area contributed by atoms with E-state index in [1.807, 2.05) is 38.1 Å². The van der Waals surface area contributed by atoms with Crippen molar-refractivity contribution in [2.45, 2.75) is 144 Å². The normalized spacial score (nSPS) is 15.2. The van der Waals surface area contributed by atoms with E-state index < -0.39 is 20.5 Å². The molecule has 0 radical (unpaired) electrons. The molecule has 0 aliphatic carbocycles. The lowest BCUT2D eigenvalue weighted by molar-refractivity contribution is 0.125. The van der Waals surface area contributed by atoms with E-state index in [2.05, 4.69) is 83.1 Å². The first-order valence-corrected chi connectivity index (χ1v) is 15.7. The summed E-state index contributed by atoms with van der Waals surface area (Å²) in [5, 5.41) is 22.3. The highest BCUT2D eigenvalue weighted by Crippen LogP contribution is 2.47. The van der Waals surface area contributed by atoms with Crippen LogP contribution in [0.15, 0.2) is 24.3 Å². The molecule has 2 aromatic carbocycles. The highest BCUT2D eigenvalue weighted by atomic mass is 31.1. The van der Waals surface area contributed by atoms with E-state index in [0.717, 1.165) is 33.4 Å². The molecule has 2 aromatic rings. The van der Waals surface area contributed by atoms with Crippen molar-refractivity contribution < 1.29 is 23.8 Å². The van der Waals surface area contributed by atoms with Gasteiger partial charge in [0.25, 0.3) is 0 Å². The zero-order chi connectivity index (χ0) is 31.0. The third-order valence-electron chi connectivity index (χ3n) is 7.41. The van der Waals surface area contributed by atoms with Gasteiger partial charge in [-0.15, -0.1) is 9.05 Å². The minimum atomic E-state index is -2.46. The van der Waals surface area contributed by atoms with Crippen molar-refractivity contribution in [1.29, 1.82) is 0 Å². The van der Waals surface area contributed by atoms with Crippen LogP contribution in [-0.4, -0.2) is 10.2 Å². The number of rotatable bonds is 8. The molecule has 0 saturated heterocycles. The molecule has 5 nitrogen and oxygen atoms in total. The molecule has 2 rings (SSSR count). The lowest BCUT2D eigenvalue weighted by Gasteiger charge is -2.29. The van der Waals surface area contributed by atoms with Crippen molar-refractivity contribution in [2.24, 2.45) is 0 Å². The fourth-order valence-corrected chi connectivity index (χ4v) is 5.95. The Morgan fingerprint density at radius 3 is 0.975 bits per heavy atom. The summed E-state index contributed by atoms with van der Waals surface area (Å²) in [5.41, 5.74) is 4.01. The maximum absolute atomic E-state index is 13.4. The molecule has 224 valence electrons. The van der Waals surface area contributed by atoms with Gasteiger partial charge in [-0.1, -0.05) is 96.9 Å². The Morgan fingerprint density at radius 1 is 0.575 bits per heavy atom. The van der Waals surface area contributed by atoms with Gasteiger partial charge in [0.1, 0.15) is 23.7 Å². The first-order chi connectivity index (χ1) is 18.0. The largest absolute Gasteiger partial charge is 0.698 e. The number of hydrogen-bond donors (Lipinski definition) is 2. The monoisotopic (exact) mass is 573 g/mol. The van der Waals surface area contributed by atoms with Crippen LogP contribution in [0.5, 0.6) is 11.5 Å².